The second-order valence-electron chi connectivity index (χ2n) is 5.33. The van der Waals surface area contributed by atoms with Crippen molar-refractivity contribution in [2.75, 3.05) is 12.4 Å². The molecule has 0 aliphatic rings. The fourth-order valence-corrected chi connectivity index (χ4v) is 1.63. The summed E-state index contributed by atoms with van der Waals surface area (Å²) in [5.74, 6) is 0. The van der Waals surface area contributed by atoms with Crippen molar-refractivity contribution in [1.29, 1.82) is 0 Å². The summed E-state index contributed by atoms with van der Waals surface area (Å²) >= 11 is 0. The molecule has 1 aromatic carbocycles. The molecule has 2 rings (SSSR count). The summed E-state index contributed by atoms with van der Waals surface area (Å²) in [5, 5.41) is 3.10. The molecule has 0 saturated carbocycles. The van der Waals surface area contributed by atoms with Crippen LogP contribution in [0.25, 0.3) is 0 Å². The van der Waals surface area contributed by atoms with Crippen LogP contribution < -0.4 is 5.32 Å². The molecule has 0 bridgehead atoms. The van der Waals surface area contributed by atoms with E-state index >= 15 is 0 Å². The first-order valence-corrected chi connectivity index (χ1v) is 8.06. The zero-order chi connectivity index (χ0) is 18.2. The van der Waals surface area contributed by atoms with Crippen molar-refractivity contribution in [1.82, 2.24) is 4.98 Å². The average Bonchev–Trinajstić information content (AvgIpc) is 2.57. The molecule has 1 heterocycles. The average molecular weight is 322 g/mol. The van der Waals surface area contributed by atoms with Crippen LogP contribution in [0.4, 0.5) is 5.69 Å². The Morgan fingerprint density at radius 1 is 1.08 bits per heavy atom. The molecule has 24 heavy (non-hydrogen) atoms. The van der Waals surface area contributed by atoms with Gasteiger partial charge in [-0.3, -0.25) is 4.98 Å². The van der Waals surface area contributed by atoms with Crippen molar-refractivity contribution in [2.24, 2.45) is 0 Å². The molecule has 1 aromatic heterocycles. The van der Waals surface area contributed by atoms with Crippen LogP contribution in [0.2, 0.25) is 0 Å². The fraction of sp³-hybridized carbons (Fsp3) is 0.227. The van der Waals surface area contributed by atoms with Gasteiger partial charge >= 0.3 is 0 Å². The molecule has 2 aromatic rings. The number of anilines is 1. The standard InChI is InChI=1S/C8H11N.C8H12.C6H7N/c1-7-5-3-4-6-8(7)9-2;1-4-5-6-7-8(2)3;1-6-3-2-4-7-5-6/h3-6,9H,1-2H3;4-7H,2H2,1,3H3;2-5H,1H3/b;5-4-,7-6-;. The summed E-state index contributed by atoms with van der Waals surface area (Å²) in [4.78, 5) is 3.88. The number of allylic oxidation sites excluding steroid dienone is 5. The first kappa shape index (κ1) is 21.4. The minimum Gasteiger partial charge on any atom is -0.388 e. The van der Waals surface area contributed by atoms with E-state index in [-0.39, 0.29) is 0 Å². The molecule has 0 aliphatic carbocycles. The monoisotopic (exact) mass is 322 g/mol. The Balaban J connectivity index is 0.000000333. The van der Waals surface area contributed by atoms with Crippen molar-refractivity contribution in [3.63, 3.8) is 0 Å². The summed E-state index contributed by atoms with van der Waals surface area (Å²) in [7, 11) is 1.93. The second-order valence-corrected chi connectivity index (χ2v) is 5.33. The van der Waals surface area contributed by atoms with E-state index in [1.807, 2.05) is 82.6 Å². The van der Waals surface area contributed by atoms with Crippen molar-refractivity contribution in [2.45, 2.75) is 27.7 Å². The van der Waals surface area contributed by atoms with Crippen LogP contribution in [-0.2, 0) is 0 Å². The van der Waals surface area contributed by atoms with Crippen LogP contribution in [0.15, 0.2) is 85.2 Å². The van der Waals surface area contributed by atoms with Gasteiger partial charge in [-0.25, -0.2) is 0 Å². The molecule has 0 aliphatic heterocycles. The van der Waals surface area contributed by atoms with Crippen LogP contribution in [0.5, 0.6) is 0 Å². The lowest BCUT2D eigenvalue weighted by molar-refractivity contribution is 1.27. The summed E-state index contributed by atoms with van der Waals surface area (Å²) in [6.45, 7) is 11.8. The van der Waals surface area contributed by atoms with E-state index in [1.54, 1.807) is 6.20 Å². The van der Waals surface area contributed by atoms with Gasteiger partial charge in [-0.15, -0.1) is 0 Å². The lowest BCUT2D eigenvalue weighted by Gasteiger charge is -2.01. The Bertz CT molecular complexity index is 625. The minimum absolute atomic E-state index is 1.09. The van der Waals surface area contributed by atoms with E-state index < -0.39 is 0 Å². The van der Waals surface area contributed by atoms with Gasteiger partial charge in [-0.2, -0.15) is 0 Å². The van der Waals surface area contributed by atoms with E-state index in [1.165, 1.54) is 16.8 Å². The van der Waals surface area contributed by atoms with Crippen LogP contribution >= 0.6 is 0 Å². The van der Waals surface area contributed by atoms with E-state index in [4.69, 9.17) is 0 Å². The highest BCUT2D eigenvalue weighted by atomic mass is 14.8. The number of aromatic nitrogens is 1. The molecule has 0 atom stereocenters. The quantitative estimate of drug-likeness (QED) is 0.688. The zero-order valence-corrected chi connectivity index (χ0v) is 15.6. The predicted molar refractivity (Wildman–Crippen MR) is 108 cm³/mol. The molecular formula is C22H30N2. The molecule has 0 spiro atoms. The number of nitrogens with one attached hydrogen (secondary N) is 1. The van der Waals surface area contributed by atoms with Crippen molar-refractivity contribution in [3.8, 4) is 0 Å². The largest absolute Gasteiger partial charge is 0.388 e. The number of aryl methyl sites for hydroxylation is 2. The predicted octanol–water partition coefficient (Wildman–Crippen LogP) is 6.12. The smallest absolute Gasteiger partial charge is 0.0367 e. The van der Waals surface area contributed by atoms with Gasteiger partial charge in [0.1, 0.15) is 0 Å². The highest BCUT2D eigenvalue weighted by Gasteiger charge is 1.88. The Labute approximate surface area is 147 Å². The number of hydrogen-bond acceptors (Lipinski definition) is 2. The number of para-hydroxylation sites is 1. The maximum Gasteiger partial charge on any atom is 0.0367 e. The molecule has 128 valence electrons. The van der Waals surface area contributed by atoms with E-state index in [2.05, 4.69) is 35.9 Å². The van der Waals surface area contributed by atoms with Gasteiger partial charge in [0.15, 0.2) is 0 Å². The van der Waals surface area contributed by atoms with Crippen LogP contribution in [0, 0.1) is 13.8 Å². The van der Waals surface area contributed by atoms with Gasteiger partial charge in [-0.05, 0) is 51.0 Å². The SMILES string of the molecule is C=C(C)/C=C\C=C/C.CNc1ccccc1C.Cc1cccnc1. The number of hydrogen-bond donors (Lipinski definition) is 1. The third-order valence-corrected chi connectivity index (χ3v) is 2.91. The lowest BCUT2D eigenvalue weighted by atomic mass is 10.2. The lowest BCUT2D eigenvalue weighted by Crippen LogP contribution is -1.89. The Kier molecular flexibility index (Phi) is 12.5. The summed E-state index contributed by atoms with van der Waals surface area (Å²) < 4.78 is 0. The third kappa shape index (κ3) is 12.0. The molecule has 2 heteroatoms. The first-order valence-electron chi connectivity index (χ1n) is 8.06. The Morgan fingerprint density at radius 3 is 2.17 bits per heavy atom. The van der Waals surface area contributed by atoms with Gasteiger partial charge in [0.05, 0.1) is 0 Å². The van der Waals surface area contributed by atoms with E-state index in [0.29, 0.717) is 0 Å². The molecule has 0 saturated heterocycles. The maximum absolute atomic E-state index is 3.88. The first-order chi connectivity index (χ1) is 11.5. The summed E-state index contributed by atoms with van der Waals surface area (Å²) in [6, 6.07) is 12.2. The van der Waals surface area contributed by atoms with E-state index in [9.17, 15) is 0 Å². The Morgan fingerprint density at radius 2 is 1.79 bits per heavy atom. The number of pyridine rings is 1. The zero-order valence-electron chi connectivity index (χ0n) is 15.6. The normalized spacial score (nSPS) is 9.71. The summed E-state index contributed by atoms with van der Waals surface area (Å²) in [6.07, 6.45) is 11.5. The topological polar surface area (TPSA) is 24.9 Å². The molecule has 0 amide bonds. The van der Waals surface area contributed by atoms with Crippen LogP contribution in [0.1, 0.15) is 25.0 Å². The molecule has 1 N–H and O–H groups in total. The summed E-state index contributed by atoms with van der Waals surface area (Å²) in [5.41, 5.74) is 4.79. The Hall–Kier alpha value is -2.61. The molecule has 2 nitrogen and oxygen atoms in total. The third-order valence-electron chi connectivity index (χ3n) is 2.91. The molecule has 0 radical (unpaired) electrons. The van der Waals surface area contributed by atoms with Gasteiger partial charge in [0.25, 0.3) is 0 Å². The van der Waals surface area contributed by atoms with Gasteiger partial charge < -0.3 is 5.32 Å². The van der Waals surface area contributed by atoms with Crippen molar-refractivity contribution in [3.05, 3.63) is 96.4 Å². The molecular weight excluding hydrogens is 292 g/mol. The van der Waals surface area contributed by atoms with Crippen molar-refractivity contribution >= 4 is 5.69 Å². The molecule has 0 unspecified atom stereocenters. The van der Waals surface area contributed by atoms with Crippen molar-refractivity contribution < 1.29 is 0 Å². The maximum atomic E-state index is 3.88. The van der Waals surface area contributed by atoms with E-state index in [0.717, 1.165) is 5.57 Å². The number of rotatable bonds is 3. The fourth-order valence-electron chi connectivity index (χ4n) is 1.63. The molecule has 0 fully saturated rings. The number of nitrogens with zero attached hydrogens (tertiary/aromatic N) is 1. The van der Waals surface area contributed by atoms with Gasteiger partial charge in [0, 0.05) is 25.1 Å². The van der Waals surface area contributed by atoms with Gasteiger partial charge in [0.2, 0.25) is 0 Å². The van der Waals surface area contributed by atoms with Crippen LogP contribution in [-0.4, -0.2) is 12.0 Å². The number of benzene rings is 1. The highest BCUT2D eigenvalue weighted by molar-refractivity contribution is 5.49. The van der Waals surface area contributed by atoms with Crippen LogP contribution in [0.3, 0.4) is 0 Å². The second kappa shape index (κ2) is 14.0. The highest BCUT2D eigenvalue weighted by Crippen LogP contribution is 2.10. The minimum atomic E-state index is 1.09. The van der Waals surface area contributed by atoms with Gasteiger partial charge in [-0.1, -0.05) is 60.7 Å².